The van der Waals surface area contributed by atoms with Crippen molar-refractivity contribution in [2.24, 2.45) is 5.73 Å². The van der Waals surface area contributed by atoms with E-state index in [1.165, 1.54) is 19.2 Å². The van der Waals surface area contributed by atoms with Gasteiger partial charge in [-0.15, -0.1) is 0 Å². The number of anilines is 1. The number of carbonyl (C=O) groups is 1. The summed E-state index contributed by atoms with van der Waals surface area (Å²) in [7, 11) is 1.52. The van der Waals surface area contributed by atoms with Crippen molar-refractivity contribution < 1.29 is 13.9 Å². The zero-order chi connectivity index (χ0) is 16.7. The summed E-state index contributed by atoms with van der Waals surface area (Å²) in [5, 5.41) is 2.82. The van der Waals surface area contributed by atoms with Crippen LogP contribution in [-0.4, -0.2) is 69.8 Å². The van der Waals surface area contributed by atoms with E-state index in [1.54, 1.807) is 0 Å². The molecule has 0 aliphatic carbocycles. The smallest absolute Gasteiger partial charge is 0.239 e. The Hall–Kier alpha value is -1.70. The molecule has 1 fully saturated rings. The van der Waals surface area contributed by atoms with Crippen molar-refractivity contribution in [3.63, 3.8) is 0 Å². The van der Waals surface area contributed by atoms with E-state index >= 15 is 0 Å². The molecule has 1 aromatic rings. The summed E-state index contributed by atoms with van der Waals surface area (Å²) < 4.78 is 17.8. The van der Waals surface area contributed by atoms with Gasteiger partial charge >= 0.3 is 0 Å². The second-order valence-corrected chi connectivity index (χ2v) is 5.66. The molecule has 128 valence electrons. The Morgan fingerprint density at radius 1 is 1.30 bits per heavy atom. The zero-order valence-corrected chi connectivity index (χ0v) is 13.5. The lowest BCUT2D eigenvalue weighted by Crippen LogP contribution is -2.50. The lowest BCUT2D eigenvalue weighted by atomic mass is 10.2. The number of nitrogens with zero attached hydrogens (tertiary/aromatic N) is 2. The lowest BCUT2D eigenvalue weighted by Gasteiger charge is -2.36. The first-order valence-corrected chi connectivity index (χ1v) is 7.85. The molecule has 1 saturated heterocycles. The molecule has 1 aromatic carbocycles. The minimum absolute atomic E-state index is 0.184. The highest BCUT2D eigenvalue weighted by molar-refractivity contribution is 5.81. The van der Waals surface area contributed by atoms with Crippen molar-refractivity contribution in [1.29, 1.82) is 0 Å². The van der Waals surface area contributed by atoms with Crippen LogP contribution in [0.1, 0.15) is 0 Å². The van der Waals surface area contributed by atoms with Crippen molar-refractivity contribution in [1.82, 2.24) is 10.2 Å². The van der Waals surface area contributed by atoms with Gasteiger partial charge in [-0.3, -0.25) is 9.69 Å². The van der Waals surface area contributed by atoms with E-state index in [4.69, 9.17) is 10.5 Å². The lowest BCUT2D eigenvalue weighted by molar-refractivity contribution is -0.123. The molecule has 1 heterocycles. The second-order valence-electron chi connectivity index (χ2n) is 5.66. The molecular weight excluding hydrogens is 299 g/mol. The van der Waals surface area contributed by atoms with Crippen molar-refractivity contribution in [3.05, 3.63) is 30.1 Å². The standard InChI is InChI=1S/C16H25FN4O2/c1-23-12-15(18)16(22)19-6-7-20-8-10-21(11-9-20)14-4-2-13(17)3-5-14/h2-5,15H,6-12,18H2,1H3,(H,19,22). The minimum Gasteiger partial charge on any atom is -0.383 e. The van der Waals surface area contributed by atoms with E-state index in [2.05, 4.69) is 15.1 Å². The van der Waals surface area contributed by atoms with Crippen LogP contribution in [0.3, 0.4) is 0 Å². The Balaban J connectivity index is 1.67. The van der Waals surface area contributed by atoms with Crippen molar-refractivity contribution in [2.75, 3.05) is 57.9 Å². The van der Waals surface area contributed by atoms with Gasteiger partial charge in [0.25, 0.3) is 0 Å². The maximum Gasteiger partial charge on any atom is 0.239 e. The normalized spacial score (nSPS) is 17.1. The third kappa shape index (κ3) is 5.46. The molecule has 1 aliphatic heterocycles. The Morgan fingerprint density at radius 2 is 1.96 bits per heavy atom. The summed E-state index contributed by atoms with van der Waals surface area (Å²) in [6.07, 6.45) is 0. The van der Waals surface area contributed by atoms with E-state index in [9.17, 15) is 9.18 Å². The number of rotatable bonds is 7. The molecule has 7 heteroatoms. The molecule has 0 spiro atoms. The van der Waals surface area contributed by atoms with Gasteiger partial charge in [0.2, 0.25) is 5.91 Å². The van der Waals surface area contributed by atoms with Crippen LogP contribution in [0.15, 0.2) is 24.3 Å². The molecule has 6 nitrogen and oxygen atoms in total. The summed E-state index contributed by atoms with van der Waals surface area (Å²) in [5.41, 5.74) is 6.70. The average Bonchev–Trinajstić information content (AvgIpc) is 2.56. The maximum atomic E-state index is 12.9. The predicted molar refractivity (Wildman–Crippen MR) is 87.9 cm³/mol. The van der Waals surface area contributed by atoms with Crippen molar-refractivity contribution in [3.8, 4) is 0 Å². The van der Waals surface area contributed by atoms with Crippen molar-refractivity contribution in [2.45, 2.75) is 6.04 Å². The van der Waals surface area contributed by atoms with Crippen LogP contribution in [0.2, 0.25) is 0 Å². The molecule has 1 amide bonds. The van der Waals surface area contributed by atoms with Crippen molar-refractivity contribution >= 4 is 11.6 Å². The Labute approximate surface area is 136 Å². The Morgan fingerprint density at radius 3 is 2.57 bits per heavy atom. The Bertz CT molecular complexity index is 489. The number of nitrogens with two attached hydrogens (primary N) is 1. The first kappa shape index (κ1) is 17.7. The van der Waals surface area contributed by atoms with Crippen LogP contribution in [-0.2, 0) is 9.53 Å². The molecule has 1 aliphatic rings. The zero-order valence-electron chi connectivity index (χ0n) is 13.5. The monoisotopic (exact) mass is 324 g/mol. The van der Waals surface area contributed by atoms with Gasteiger partial charge < -0.3 is 20.7 Å². The van der Waals surface area contributed by atoms with Gasteiger partial charge in [0.1, 0.15) is 11.9 Å². The van der Waals surface area contributed by atoms with E-state index in [0.29, 0.717) is 6.54 Å². The second kappa shape index (κ2) is 8.81. The summed E-state index contributed by atoms with van der Waals surface area (Å²) >= 11 is 0. The summed E-state index contributed by atoms with van der Waals surface area (Å²) in [6, 6.07) is 5.97. The summed E-state index contributed by atoms with van der Waals surface area (Å²) in [5.74, 6) is -0.397. The van der Waals surface area contributed by atoms with Crippen LogP contribution in [0.25, 0.3) is 0 Å². The number of halogens is 1. The number of hydrogen-bond donors (Lipinski definition) is 2. The average molecular weight is 324 g/mol. The quantitative estimate of drug-likeness (QED) is 0.741. The molecule has 1 unspecified atom stereocenters. The largest absolute Gasteiger partial charge is 0.383 e. The highest BCUT2D eigenvalue weighted by Crippen LogP contribution is 2.16. The fourth-order valence-corrected chi connectivity index (χ4v) is 2.61. The Kier molecular flexibility index (Phi) is 6.76. The fourth-order valence-electron chi connectivity index (χ4n) is 2.61. The number of ether oxygens (including phenoxy) is 1. The number of amides is 1. The van der Waals surface area contributed by atoms with Gasteiger partial charge in [0.15, 0.2) is 0 Å². The highest BCUT2D eigenvalue weighted by Gasteiger charge is 2.18. The maximum absolute atomic E-state index is 12.9. The summed E-state index contributed by atoms with van der Waals surface area (Å²) in [4.78, 5) is 16.2. The number of piperazine rings is 1. The third-order valence-corrected chi connectivity index (χ3v) is 3.97. The molecule has 2 rings (SSSR count). The van der Waals surface area contributed by atoms with Crippen LogP contribution >= 0.6 is 0 Å². The van der Waals surface area contributed by atoms with Gasteiger partial charge in [-0.2, -0.15) is 0 Å². The number of methoxy groups -OCH3 is 1. The third-order valence-electron chi connectivity index (χ3n) is 3.97. The fraction of sp³-hybridized carbons (Fsp3) is 0.562. The molecular formula is C16H25FN4O2. The molecule has 0 aromatic heterocycles. The highest BCUT2D eigenvalue weighted by atomic mass is 19.1. The van der Waals surface area contributed by atoms with E-state index in [0.717, 1.165) is 38.4 Å². The van der Waals surface area contributed by atoms with Gasteiger partial charge in [0, 0.05) is 52.1 Å². The number of nitrogens with one attached hydrogen (secondary N) is 1. The molecule has 1 atom stereocenters. The van der Waals surface area contributed by atoms with E-state index in [-0.39, 0.29) is 18.3 Å². The molecule has 23 heavy (non-hydrogen) atoms. The first-order valence-electron chi connectivity index (χ1n) is 7.85. The number of benzene rings is 1. The number of hydrogen-bond acceptors (Lipinski definition) is 5. The molecule has 0 bridgehead atoms. The van der Waals surface area contributed by atoms with Crippen LogP contribution in [0.4, 0.5) is 10.1 Å². The van der Waals surface area contributed by atoms with Gasteiger partial charge in [-0.1, -0.05) is 0 Å². The molecule has 0 saturated carbocycles. The molecule has 0 radical (unpaired) electrons. The van der Waals surface area contributed by atoms with Crippen LogP contribution in [0, 0.1) is 5.82 Å². The van der Waals surface area contributed by atoms with E-state index in [1.807, 2.05) is 12.1 Å². The van der Waals surface area contributed by atoms with Crippen LogP contribution < -0.4 is 16.0 Å². The topological polar surface area (TPSA) is 70.8 Å². The van der Waals surface area contributed by atoms with Crippen LogP contribution in [0.5, 0.6) is 0 Å². The van der Waals surface area contributed by atoms with E-state index < -0.39 is 6.04 Å². The minimum atomic E-state index is -0.615. The number of carbonyl (C=O) groups excluding carboxylic acids is 1. The SMILES string of the molecule is COCC(N)C(=O)NCCN1CCN(c2ccc(F)cc2)CC1. The molecule has 3 N–H and O–H groups in total. The predicted octanol–water partition coefficient (Wildman–Crippen LogP) is 0.0376. The van der Waals surface area contributed by atoms with Gasteiger partial charge in [0.05, 0.1) is 6.61 Å². The summed E-state index contributed by atoms with van der Waals surface area (Å²) in [6.45, 7) is 5.21. The first-order chi connectivity index (χ1) is 11.1. The van der Waals surface area contributed by atoms with Gasteiger partial charge in [-0.25, -0.2) is 4.39 Å². The van der Waals surface area contributed by atoms with Gasteiger partial charge in [-0.05, 0) is 24.3 Å².